The number of nitrogens with one attached hydrogen (secondary N) is 1. The molecule has 0 spiro atoms. The Balaban J connectivity index is 1.57. The van der Waals surface area contributed by atoms with Crippen molar-refractivity contribution in [3.8, 4) is 5.75 Å². The molecule has 1 amide bonds. The molecule has 1 aromatic heterocycles. The summed E-state index contributed by atoms with van der Waals surface area (Å²) in [6.45, 7) is 4.96. The van der Waals surface area contributed by atoms with Gasteiger partial charge in [-0.2, -0.15) is 0 Å². The number of ether oxygens (including phenoxy) is 1. The molecular weight excluding hydrogens is 360 g/mol. The van der Waals surface area contributed by atoms with Crippen LogP contribution in [0.25, 0.3) is 0 Å². The molecule has 1 N–H and O–H groups in total. The second-order valence-electron chi connectivity index (χ2n) is 7.73. The zero-order valence-electron chi connectivity index (χ0n) is 18.1. The molecule has 2 aromatic rings. The Morgan fingerprint density at radius 3 is 2.07 bits per heavy atom. The van der Waals surface area contributed by atoms with Crippen LogP contribution in [0.1, 0.15) is 87.1 Å². The van der Waals surface area contributed by atoms with Gasteiger partial charge in [0.1, 0.15) is 11.6 Å². The van der Waals surface area contributed by atoms with Crippen molar-refractivity contribution >= 4 is 11.7 Å². The van der Waals surface area contributed by atoms with Crippen LogP contribution in [-0.2, 0) is 0 Å². The van der Waals surface area contributed by atoms with Gasteiger partial charge in [0.25, 0.3) is 5.91 Å². The second-order valence-corrected chi connectivity index (χ2v) is 7.73. The van der Waals surface area contributed by atoms with Crippen molar-refractivity contribution in [2.45, 2.75) is 78.1 Å². The molecule has 4 nitrogen and oxygen atoms in total. The predicted molar refractivity (Wildman–Crippen MR) is 121 cm³/mol. The Bertz CT molecular complexity index is 696. The van der Waals surface area contributed by atoms with Gasteiger partial charge in [0, 0.05) is 11.8 Å². The number of aryl methyl sites for hydroxylation is 1. The van der Waals surface area contributed by atoms with Crippen LogP contribution in [0, 0.1) is 6.92 Å². The molecule has 0 saturated heterocycles. The number of anilines is 1. The largest absolute Gasteiger partial charge is 0.494 e. The molecule has 0 bridgehead atoms. The molecule has 2 rings (SSSR count). The minimum absolute atomic E-state index is 0.164. The van der Waals surface area contributed by atoms with Crippen molar-refractivity contribution in [2.75, 3.05) is 11.9 Å². The summed E-state index contributed by atoms with van der Waals surface area (Å²) >= 11 is 0. The average molecular weight is 397 g/mol. The summed E-state index contributed by atoms with van der Waals surface area (Å²) < 4.78 is 5.80. The van der Waals surface area contributed by atoms with E-state index in [9.17, 15) is 4.79 Å². The number of benzene rings is 1. The van der Waals surface area contributed by atoms with E-state index in [0.717, 1.165) is 24.3 Å². The third-order valence-corrected chi connectivity index (χ3v) is 5.04. The summed E-state index contributed by atoms with van der Waals surface area (Å²) in [5, 5.41) is 2.80. The van der Waals surface area contributed by atoms with Crippen LogP contribution in [0.15, 0.2) is 42.6 Å². The summed E-state index contributed by atoms with van der Waals surface area (Å²) in [4.78, 5) is 16.5. The Labute approximate surface area is 176 Å². The van der Waals surface area contributed by atoms with E-state index in [1.165, 1.54) is 57.8 Å². The highest BCUT2D eigenvalue weighted by molar-refractivity contribution is 6.03. The Hall–Kier alpha value is -2.36. The van der Waals surface area contributed by atoms with Crippen LogP contribution >= 0.6 is 0 Å². The Morgan fingerprint density at radius 1 is 0.862 bits per heavy atom. The molecule has 0 unspecified atom stereocenters. The van der Waals surface area contributed by atoms with E-state index in [1.54, 1.807) is 24.4 Å². The lowest BCUT2D eigenvalue weighted by Gasteiger charge is -2.08. The summed E-state index contributed by atoms with van der Waals surface area (Å²) in [5.41, 5.74) is 1.66. The lowest BCUT2D eigenvalue weighted by Crippen LogP contribution is -2.12. The molecule has 4 heteroatoms. The highest BCUT2D eigenvalue weighted by Gasteiger charge is 2.07. The third kappa shape index (κ3) is 9.60. The average Bonchev–Trinajstić information content (AvgIpc) is 2.74. The predicted octanol–water partition coefficient (Wildman–Crippen LogP) is 6.94. The molecule has 158 valence electrons. The zero-order valence-corrected chi connectivity index (χ0v) is 18.1. The number of nitrogens with zero attached hydrogens (tertiary/aromatic N) is 1. The molecule has 0 fully saturated rings. The van der Waals surface area contributed by atoms with E-state index in [0.29, 0.717) is 11.4 Å². The molecule has 1 aromatic carbocycles. The number of carbonyl (C=O) groups is 1. The fourth-order valence-corrected chi connectivity index (χ4v) is 3.21. The van der Waals surface area contributed by atoms with E-state index in [4.69, 9.17) is 4.74 Å². The number of carbonyl (C=O) groups excluding carboxylic acids is 1. The molecule has 0 aliphatic heterocycles. The van der Waals surface area contributed by atoms with Crippen molar-refractivity contribution in [1.29, 1.82) is 0 Å². The lowest BCUT2D eigenvalue weighted by atomic mass is 10.1. The van der Waals surface area contributed by atoms with Gasteiger partial charge in [-0.05, 0) is 49.2 Å². The maximum absolute atomic E-state index is 12.3. The summed E-state index contributed by atoms with van der Waals surface area (Å²) in [6, 6.07) is 11.0. The van der Waals surface area contributed by atoms with Crippen LogP contribution in [0.3, 0.4) is 0 Å². The molecule has 0 aliphatic carbocycles. The number of aromatic nitrogens is 1. The quantitative estimate of drug-likeness (QED) is 0.352. The van der Waals surface area contributed by atoms with Crippen molar-refractivity contribution in [3.05, 3.63) is 53.7 Å². The Morgan fingerprint density at radius 2 is 1.48 bits per heavy atom. The van der Waals surface area contributed by atoms with Crippen LogP contribution in [-0.4, -0.2) is 17.5 Å². The zero-order chi connectivity index (χ0) is 20.7. The van der Waals surface area contributed by atoms with Crippen molar-refractivity contribution < 1.29 is 9.53 Å². The summed E-state index contributed by atoms with van der Waals surface area (Å²) in [5.74, 6) is 1.20. The molecule has 0 saturated carbocycles. The molecule has 0 aliphatic rings. The monoisotopic (exact) mass is 396 g/mol. The van der Waals surface area contributed by atoms with Crippen LogP contribution in [0.2, 0.25) is 0 Å². The van der Waals surface area contributed by atoms with Crippen molar-refractivity contribution in [2.24, 2.45) is 0 Å². The SMILES string of the molecule is CCCCCCCCCCCCOc1ccc(C(=O)Nc2ccc(C)cn2)cc1. The molecule has 29 heavy (non-hydrogen) atoms. The first-order valence-electron chi connectivity index (χ1n) is 11.2. The maximum Gasteiger partial charge on any atom is 0.256 e. The van der Waals surface area contributed by atoms with Gasteiger partial charge in [-0.15, -0.1) is 0 Å². The van der Waals surface area contributed by atoms with Gasteiger partial charge in [0.2, 0.25) is 0 Å². The summed E-state index contributed by atoms with van der Waals surface area (Å²) in [7, 11) is 0. The molecule has 1 heterocycles. The van der Waals surface area contributed by atoms with Gasteiger partial charge in [0.05, 0.1) is 6.61 Å². The number of amides is 1. The van der Waals surface area contributed by atoms with Crippen LogP contribution in [0.5, 0.6) is 5.75 Å². The number of rotatable bonds is 14. The fourth-order valence-electron chi connectivity index (χ4n) is 3.21. The number of hydrogen-bond acceptors (Lipinski definition) is 3. The van der Waals surface area contributed by atoms with Crippen molar-refractivity contribution in [1.82, 2.24) is 4.98 Å². The standard InChI is InChI=1S/C25H36N2O2/c1-3-4-5-6-7-8-9-10-11-12-19-29-23-16-14-22(15-17-23)25(28)27-24-18-13-21(2)20-26-24/h13-18,20H,3-12,19H2,1-2H3,(H,26,27,28). The molecule has 0 atom stereocenters. The van der Waals surface area contributed by atoms with Crippen LogP contribution in [0.4, 0.5) is 5.82 Å². The van der Waals surface area contributed by atoms with Gasteiger partial charge in [-0.25, -0.2) is 4.98 Å². The molecular formula is C25H36N2O2. The second kappa shape index (κ2) is 13.8. The first-order chi connectivity index (χ1) is 14.2. The number of pyridine rings is 1. The molecule has 0 radical (unpaired) electrons. The van der Waals surface area contributed by atoms with E-state index in [1.807, 2.05) is 25.1 Å². The fraction of sp³-hybridized carbons (Fsp3) is 0.520. The van der Waals surface area contributed by atoms with Crippen LogP contribution < -0.4 is 10.1 Å². The first kappa shape index (κ1) is 22.9. The highest BCUT2D eigenvalue weighted by atomic mass is 16.5. The van der Waals surface area contributed by atoms with Gasteiger partial charge in [-0.3, -0.25) is 4.79 Å². The smallest absolute Gasteiger partial charge is 0.256 e. The van der Waals surface area contributed by atoms with Gasteiger partial charge >= 0.3 is 0 Å². The number of hydrogen-bond donors (Lipinski definition) is 1. The van der Waals surface area contributed by atoms with Gasteiger partial charge in [0.15, 0.2) is 0 Å². The van der Waals surface area contributed by atoms with E-state index in [-0.39, 0.29) is 5.91 Å². The first-order valence-corrected chi connectivity index (χ1v) is 11.2. The summed E-state index contributed by atoms with van der Waals surface area (Å²) in [6.07, 6.45) is 14.9. The normalized spacial score (nSPS) is 10.7. The van der Waals surface area contributed by atoms with E-state index < -0.39 is 0 Å². The lowest BCUT2D eigenvalue weighted by molar-refractivity contribution is 0.102. The van der Waals surface area contributed by atoms with Crippen molar-refractivity contribution in [3.63, 3.8) is 0 Å². The maximum atomic E-state index is 12.3. The minimum Gasteiger partial charge on any atom is -0.494 e. The van der Waals surface area contributed by atoms with Gasteiger partial charge in [-0.1, -0.05) is 70.8 Å². The topological polar surface area (TPSA) is 51.2 Å². The highest BCUT2D eigenvalue weighted by Crippen LogP contribution is 2.15. The van der Waals surface area contributed by atoms with E-state index in [2.05, 4.69) is 17.2 Å². The van der Waals surface area contributed by atoms with Gasteiger partial charge < -0.3 is 10.1 Å². The third-order valence-electron chi connectivity index (χ3n) is 5.04. The van der Waals surface area contributed by atoms with E-state index >= 15 is 0 Å². The minimum atomic E-state index is -0.164. The number of unbranched alkanes of at least 4 members (excludes halogenated alkanes) is 9. The Kier molecular flexibility index (Phi) is 10.9.